The third-order valence-corrected chi connectivity index (χ3v) is 3.10. The summed E-state index contributed by atoms with van der Waals surface area (Å²) in [5.41, 5.74) is 0. The molecule has 3 nitrogen and oxygen atoms in total. The van der Waals surface area contributed by atoms with Crippen LogP contribution in [0.3, 0.4) is 0 Å². The van der Waals surface area contributed by atoms with Crippen molar-refractivity contribution in [2.75, 3.05) is 19.6 Å². The maximum Gasteiger partial charge on any atom is 0.224 e. The lowest BCUT2D eigenvalue weighted by Crippen LogP contribution is -2.37. The zero-order valence-electron chi connectivity index (χ0n) is 11.1. The maximum absolute atomic E-state index is 11.8. The Morgan fingerprint density at radius 1 is 1.38 bits per heavy atom. The first-order valence-electron chi connectivity index (χ1n) is 6.51. The quantitative estimate of drug-likeness (QED) is 0.776. The Hall–Kier alpha value is -0.570. The predicted molar refractivity (Wildman–Crippen MR) is 67.3 cm³/mol. The molecule has 0 aromatic heterocycles. The summed E-state index contributed by atoms with van der Waals surface area (Å²) in [5.74, 6) is 1.21. The van der Waals surface area contributed by atoms with Gasteiger partial charge in [0.05, 0.1) is 5.92 Å². The minimum absolute atomic E-state index is 0.217. The smallest absolute Gasteiger partial charge is 0.224 e. The summed E-state index contributed by atoms with van der Waals surface area (Å²) in [6.07, 6.45) is 2.26. The van der Waals surface area contributed by atoms with Gasteiger partial charge in [0.25, 0.3) is 0 Å². The van der Waals surface area contributed by atoms with Crippen molar-refractivity contribution in [2.24, 2.45) is 11.8 Å². The normalized spacial score (nSPS) is 22.0. The maximum atomic E-state index is 11.8. The third-order valence-electron chi connectivity index (χ3n) is 3.10. The SMILES string of the molecule is CC(C)CCN1CC[C@H](C(=O)NC(C)C)C1. The average molecular weight is 226 g/mol. The number of nitrogens with one attached hydrogen (secondary N) is 1. The van der Waals surface area contributed by atoms with Gasteiger partial charge in [0, 0.05) is 12.6 Å². The first kappa shape index (κ1) is 13.5. The van der Waals surface area contributed by atoms with E-state index in [1.54, 1.807) is 0 Å². The van der Waals surface area contributed by atoms with E-state index in [0.717, 1.165) is 32.0 Å². The summed E-state index contributed by atoms with van der Waals surface area (Å²) in [6.45, 7) is 11.7. The molecule has 1 aliphatic heterocycles. The molecule has 1 N–H and O–H groups in total. The van der Waals surface area contributed by atoms with Gasteiger partial charge in [-0.3, -0.25) is 4.79 Å². The topological polar surface area (TPSA) is 32.3 Å². The van der Waals surface area contributed by atoms with Crippen molar-refractivity contribution in [2.45, 2.75) is 46.6 Å². The van der Waals surface area contributed by atoms with E-state index in [4.69, 9.17) is 0 Å². The molecule has 94 valence electrons. The third kappa shape index (κ3) is 4.52. The molecule has 1 heterocycles. The molecule has 1 rings (SSSR count). The van der Waals surface area contributed by atoms with Crippen LogP contribution in [0.25, 0.3) is 0 Å². The molecule has 1 atom stereocenters. The zero-order chi connectivity index (χ0) is 12.1. The summed E-state index contributed by atoms with van der Waals surface area (Å²) in [7, 11) is 0. The van der Waals surface area contributed by atoms with E-state index in [9.17, 15) is 4.79 Å². The Labute approximate surface area is 99.6 Å². The molecular formula is C13H26N2O. The van der Waals surface area contributed by atoms with Gasteiger partial charge in [0.15, 0.2) is 0 Å². The van der Waals surface area contributed by atoms with E-state index >= 15 is 0 Å². The van der Waals surface area contributed by atoms with Gasteiger partial charge in [0.1, 0.15) is 0 Å². The van der Waals surface area contributed by atoms with Crippen LogP contribution in [0.15, 0.2) is 0 Å². The van der Waals surface area contributed by atoms with Crippen LogP contribution in [0, 0.1) is 11.8 Å². The van der Waals surface area contributed by atoms with Gasteiger partial charge in [-0.2, -0.15) is 0 Å². The van der Waals surface area contributed by atoms with Crippen LogP contribution in [0.4, 0.5) is 0 Å². The van der Waals surface area contributed by atoms with Crippen molar-refractivity contribution >= 4 is 5.91 Å². The van der Waals surface area contributed by atoms with E-state index in [1.807, 2.05) is 13.8 Å². The number of hydrogen-bond donors (Lipinski definition) is 1. The van der Waals surface area contributed by atoms with Crippen molar-refractivity contribution in [3.05, 3.63) is 0 Å². The van der Waals surface area contributed by atoms with Crippen molar-refractivity contribution in [1.29, 1.82) is 0 Å². The Kier molecular flexibility index (Phi) is 5.26. The minimum atomic E-state index is 0.217. The first-order valence-corrected chi connectivity index (χ1v) is 6.51. The second-order valence-electron chi connectivity index (χ2n) is 5.63. The van der Waals surface area contributed by atoms with Gasteiger partial charge < -0.3 is 10.2 Å². The molecule has 3 heteroatoms. The Bertz CT molecular complexity index is 226. The van der Waals surface area contributed by atoms with Gasteiger partial charge >= 0.3 is 0 Å². The number of carbonyl (C=O) groups is 1. The number of likely N-dealkylation sites (tertiary alicyclic amines) is 1. The van der Waals surface area contributed by atoms with Crippen molar-refractivity contribution in [3.63, 3.8) is 0 Å². The van der Waals surface area contributed by atoms with Crippen LogP contribution < -0.4 is 5.32 Å². The lowest BCUT2D eigenvalue weighted by atomic mass is 10.1. The molecule has 0 bridgehead atoms. The fraction of sp³-hybridized carbons (Fsp3) is 0.923. The molecular weight excluding hydrogens is 200 g/mol. The molecule has 1 amide bonds. The number of nitrogens with zero attached hydrogens (tertiary/aromatic N) is 1. The van der Waals surface area contributed by atoms with E-state index < -0.39 is 0 Å². The van der Waals surface area contributed by atoms with Crippen LogP contribution in [-0.4, -0.2) is 36.5 Å². The molecule has 0 aliphatic carbocycles. The fourth-order valence-corrected chi connectivity index (χ4v) is 2.09. The molecule has 0 spiro atoms. The lowest BCUT2D eigenvalue weighted by Gasteiger charge is -2.17. The van der Waals surface area contributed by atoms with Crippen molar-refractivity contribution in [3.8, 4) is 0 Å². The highest BCUT2D eigenvalue weighted by molar-refractivity contribution is 5.79. The molecule has 16 heavy (non-hydrogen) atoms. The second kappa shape index (κ2) is 6.24. The number of rotatable bonds is 5. The van der Waals surface area contributed by atoms with Crippen molar-refractivity contribution in [1.82, 2.24) is 10.2 Å². The van der Waals surface area contributed by atoms with Gasteiger partial charge in [-0.1, -0.05) is 13.8 Å². The number of amides is 1. The van der Waals surface area contributed by atoms with Crippen LogP contribution in [0.1, 0.15) is 40.5 Å². The molecule has 0 unspecified atom stereocenters. The highest BCUT2D eigenvalue weighted by Crippen LogP contribution is 2.17. The monoisotopic (exact) mass is 226 g/mol. The summed E-state index contributed by atoms with van der Waals surface area (Å²) >= 11 is 0. The van der Waals surface area contributed by atoms with E-state index in [0.29, 0.717) is 0 Å². The highest BCUT2D eigenvalue weighted by atomic mass is 16.2. The van der Waals surface area contributed by atoms with Crippen LogP contribution in [-0.2, 0) is 4.79 Å². The number of carbonyl (C=O) groups excluding carboxylic acids is 1. The zero-order valence-corrected chi connectivity index (χ0v) is 11.1. The molecule has 1 saturated heterocycles. The van der Waals surface area contributed by atoms with Crippen molar-refractivity contribution < 1.29 is 4.79 Å². The Morgan fingerprint density at radius 2 is 2.06 bits per heavy atom. The molecule has 0 aromatic rings. The average Bonchev–Trinajstić information content (AvgIpc) is 2.61. The van der Waals surface area contributed by atoms with Gasteiger partial charge in [0.2, 0.25) is 5.91 Å². The molecule has 1 aliphatic rings. The minimum Gasteiger partial charge on any atom is -0.354 e. The summed E-state index contributed by atoms with van der Waals surface area (Å²) in [5, 5.41) is 3.00. The fourth-order valence-electron chi connectivity index (χ4n) is 2.09. The predicted octanol–water partition coefficient (Wildman–Crippen LogP) is 1.88. The van der Waals surface area contributed by atoms with Crippen LogP contribution >= 0.6 is 0 Å². The van der Waals surface area contributed by atoms with Crippen LogP contribution in [0.5, 0.6) is 0 Å². The van der Waals surface area contributed by atoms with Gasteiger partial charge in [-0.05, 0) is 45.7 Å². The van der Waals surface area contributed by atoms with Crippen LogP contribution in [0.2, 0.25) is 0 Å². The largest absolute Gasteiger partial charge is 0.354 e. The Morgan fingerprint density at radius 3 is 2.62 bits per heavy atom. The Balaban J connectivity index is 2.26. The molecule has 1 fully saturated rings. The van der Waals surface area contributed by atoms with E-state index in [-0.39, 0.29) is 17.9 Å². The molecule has 0 aromatic carbocycles. The van der Waals surface area contributed by atoms with Gasteiger partial charge in [-0.25, -0.2) is 0 Å². The molecule has 0 saturated carbocycles. The summed E-state index contributed by atoms with van der Waals surface area (Å²) < 4.78 is 0. The summed E-state index contributed by atoms with van der Waals surface area (Å²) in [4.78, 5) is 14.2. The van der Waals surface area contributed by atoms with E-state index in [1.165, 1.54) is 6.42 Å². The highest BCUT2D eigenvalue weighted by Gasteiger charge is 2.28. The van der Waals surface area contributed by atoms with Gasteiger partial charge in [-0.15, -0.1) is 0 Å². The molecule has 0 radical (unpaired) electrons. The lowest BCUT2D eigenvalue weighted by molar-refractivity contribution is -0.125. The second-order valence-corrected chi connectivity index (χ2v) is 5.63. The number of hydrogen-bond acceptors (Lipinski definition) is 2. The summed E-state index contributed by atoms with van der Waals surface area (Å²) in [6, 6.07) is 0.261. The standard InChI is InChI=1S/C13H26N2O/c1-10(2)5-7-15-8-6-12(9-15)13(16)14-11(3)4/h10-12H,5-9H2,1-4H3,(H,14,16)/t12-/m0/s1. The first-order chi connectivity index (χ1) is 7.49. The van der Waals surface area contributed by atoms with E-state index in [2.05, 4.69) is 24.1 Å².